The molecule has 5 heteroatoms. The van der Waals surface area contributed by atoms with E-state index in [4.69, 9.17) is 23.8 Å². The van der Waals surface area contributed by atoms with E-state index in [9.17, 15) is 0 Å². The number of benzene rings is 5. The molecule has 1 aliphatic carbocycles. The van der Waals surface area contributed by atoms with Gasteiger partial charge in [-0.15, -0.1) is 0 Å². The van der Waals surface area contributed by atoms with Crippen LogP contribution < -0.4 is 0 Å². The number of nitrogens with zero attached hydrogens (tertiary/aromatic N) is 3. The highest BCUT2D eigenvalue weighted by Gasteiger charge is 2.21. The Morgan fingerprint density at radius 1 is 0.545 bits per heavy atom. The van der Waals surface area contributed by atoms with Gasteiger partial charge in [-0.3, -0.25) is 0 Å². The molecule has 0 N–H and O–H groups in total. The van der Waals surface area contributed by atoms with Crippen LogP contribution in [0.25, 0.3) is 78.0 Å². The Labute approximate surface area is 252 Å². The lowest BCUT2D eigenvalue weighted by Gasteiger charge is -2.13. The molecule has 1 aliphatic rings. The maximum atomic E-state index is 6.57. The van der Waals surface area contributed by atoms with Gasteiger partial charge in [-0.1, -0.05) is 103 Å². The number of rotatable bonds is 4. The zero-order chi connectivity index (χ0) is 29.0. The van der Waals surface area contributed by atoms with Gasteiger partial charge < -0.3 is 8.83 Å². The third kappa shape index (κ3) is 3.97. The van der Waals surface area contributed by atoms with Gasteiger partial charge in [-0.25, -0.2) is 15.0 Å². The van der Waals surface area contributed by atoms with Crippen molar-refractivity contribution in [3.05, 3.63) is 139 Å². The van der Waals surface area contributed by atoms with Gasteiger partial charge in [-0.2, -0.15) is 0 Å². The van der Waals surface area contributed by atoms with Crippen molar-refractivity contribution in [1.29, 1.82) is 0 Å². The van der Waals surface area contributed by atoms with Crippen molar-refractivity contribution in [3.8, 4) is 34.2 Å². The zero-order valence-corrected chi connectivity index (χ0v) is 23.6. The lowest BCUT2D eigenvalue weighted by molar-refractivity contribution is 0.657. The molecule has 0 bridgehead atoms. The Morgan fingerprint density at radius 2 is 1.30 bits per heavy atom. The number of fused-ring (bicyclic) bond motifs is 6. The summed E-state index contributed by atoms with van der Waals surface area (Å²) in [4.78, 5) is 15.1. The van der Waals surface area contributed by atoms with Crippen molar-refractivity contribution in [2.45, 2.75) is 12.3 Å². The van der Waals surface area contributed by atoms with E-state index in [2.05, 4.69) is 60.7 Å². The highest BCUT2D eigenvalue weighted by Crippen LogP contribution is 2.41. The predicted octanol–water partition coefficient (Wildman–Crippen LogP) is 10.3. The predicted molar refractivity (Wildman–Crippen MR) is 176 cm³/mol. The second-order valence-electron chi connectivity index (χ2n) is 11.1. The molecule has 0 saturated heterocycles. The molecule has 8 aromatic rings. The highest BCUT2D eigenvalue weighted by molar-refractivity contribution is 6.12. The van der Waals surface area contributed by atoms with E-state index in [0.717, 1.165) is 67.0 Å². The summed E-state index contributed by atoms with van der Waals surface area (Å²) in [5.74, 6) is 2.10. The number of hydrogen-bond acceptors (Lipinski definition) is 5. The molecule has 0 aliphatic heterocycles. The van der Waals surface area contributed by atoms with Crippen molar-refractivity contribution >= 4 is 43.9 Å². The third-order valence-corrected chi connectivity index (χ3v) is 8.48. The van der Waals surface area contributed by atoms with Crippen LogP contribution in [0.3, 0.4) is 0 Å². The number of allylic oxidation sites excluding steroid dienone is 4. The molecule has 5 nitrogen and oxygen atoms in total. The van der Waals surface area contributed by atoms with Gasteiger partial charge in [0.1, 0.15) is 22.3 Å². The summed E-state index contributed by atoms with van der Waals surface area (Å²) in [6.07, 6.45) is 9.62. The maximum Gasteiger partial charge on any atom is 0.164 e. The molecule has 0 spiro atoms. The molecule has 0 radical (unpaired) electrons. The molecule has 1 atom stereocenters. The Kier molecular flexibility index (Phi) is 5.56. The normalized spacial score (nSPS) is 14.8. The van der Waals surface area contributed by atoms with Gasteiger partial charge >= 0.3 is 0 Å². The van der Waals surface area contributed by atoms with Crippen LogP contribution >= 0.6 is 0 Å². The van der Waals surface area contributed by atoms with E-state index >= 15 is 0 Å². The first-order chi connectivity index (χ1) is 21.8. The summed E-state index contributed by atoms with van der Waals surface area (Å²) in [5, 5.41) is 4.16. The Balaban J connectivity index is 1.28. The second kappa shape index (κ2) is 9.89. The van der Waals surface area contributed by atoms with Crippen molar-refractivity contribution < 1.29 is 8.83 Å². The van der Waals surface area contributed by atoms with Crippen molar-refractivity contribution in [3.63, 3.8) is 0 Å². The molecule has 3 heterocycles. The fraction of sp³-hybridized carbons (Fsp3) is 0.0513. The SMILES string of the molecule is C1=CCC(c2cccc3c2oc2cccc(-c4nc(-c5ccccc5)nc(-c5ccc6oc7ccccc7c6c5)n4)c23)C=C1. The lowest BCUT2D eigenvalue weighted by atomic mass is 9.91. The summed E-state index contributed by atoms with van der Waals surface area (Å²) >= 11 is 0. The first kappa shape index (κ1) is 24.8. The van der Waals surface area contributed by atoms with Crippen molar-refractivity contribution in [2.24, 2.45) is 0 Å². The Morgan fingerprint density at radius 3 is 2.18 bits per heavy atom. The van der Waals surface area contributed by atoms with Gasteiger partial charge in [0.2, 0.25) is 0 Å². The Bertz CT molecular complexity index is 2430. The Hall–Kier alpha value is -5.81. The fourth-order valence-electron chi connectivity index (χ4n) is 6.37. The van der Waals surface area contributed by atoms with Crippen molar-refractivity contribution in [1.82, 2.24) is 15.0 Å². The van der Waals surface area contributed by atoms with Gasteiger partial charge in [0.25, 0.3) is 0 Å². The quantitative estimate of drug-likeness (QED) is 0.212. The smallest absolute Gasteiger partial charge is 0.164 e. The molecule has 0 saturated carbocycles. The van der Waals surface area contributed by atoms with Crippen LogP contribution in [0.1, 0.15) is 17.9 Å². The molecule has 1 unspecified atom stereocenters. The monoisotopic (exact) mass is 567 g/mol. The van der Waals surface area contributed by atoms with Crippen LogP contribution in [-0.4, -0.2) is 15.0 Å². The summed E-state index contributed by atoms with van der Waals surface area (Å²) in [5.41, 5.74) is 7.34. The fourth-order valence-corrected chi connectivity index (χ4v) is 6.37. The molecule has 5 aromatic carbocycles. The summed E-state index contributed by atoms with van der Waals surface area (Å²) in [6, 6.07) is 36.8. The van der Waals surface area contributed by atoms with Crippen LogP contribution in [0, 0.1) is 0 Å². The van der Waals surface area contributed by atoms with Gasteiger partial charge in [0.15, 0.2) is 17.5 Å². The molecule has 44 heavy (non-hydrogen) atoms. The van der Waals surface area contributed by atoms with Crippen LogP contribution in [0.4, 0.5) is 0 Å². The van der Waals surface area contributed by atoms with E-state index in [1.54, 1.807) is 0 Å². The van der Waals surface area contributed by atoms with Crippen molar-refractivity contribution in [2.75, 3.05) is 0 Å². The van der Waals surface area contributed by atoms with E-state index in [-0.39, 0.29) is 5.92 Å². The van der Waals surface area contributed by atoms with Crippen LogP contribution in [0.2, 0.25) is 0 Å². The number of para-hydroxylation sites is 2. The van der Waals surface area contributed by atoms with E-state index in [0.29, 0.717) is 17.5 Å². The van der Waals surface area contributed by atoms with Gasteiger partial charge in [0.05, 0.1) is 0 Å². The molecule has 208 valence electrons. The average Bonchev–Trinajstić information content (AvgIpc) is 3.67. The van der Waals surface area contributed by atoms with E-state index in [1.165, 1.54) is 5.56 Å². The first-order valence-electron chi connectivity index (χ1n) is 14.8. The molecule has 3 aromatic heterocycles. The van der Waals surface area contributed by atoms with E-state index < -0.39 is 0 Å². The maximum absolute atomic E-state index is 6.57. The molecular formula is C39H25N3O2. The van der Waals surface area contributed by atoms with Gasteiger partial charge in [0, 0.05) is 49.7 Å². The van der Waals surface area contributed by atoms with Crippen LogP contribution in [-0.2, 0) is 0 Å². The van der Waals surface area contributed by atoms with E-state index in [1.807, 2.05) is 72.8 Å². The minimum Gasteiger partial charge on any atom is -0.456 e. The summed E-state index contributed by atoms with van der Waals surface area (Å²) in [6.45, 7) is 0. The van der Waals surface area contributed by atoms with Crippen LogP contribution in [0.5, 0.6) is 0 Å². The zero-order valence-electron chi connectivity index (χ0n) is 23.6. The minimum absolute atomic E-state index is 0.273. The minimum atomic E-state index is 0.273. The third-order valence-electron chi connectivity index (χ3n) is 8.48. The summed E-state index contributed by atoms with van der Waals surface area (Å²) < 4.78 is 12.7. The largest absolute Gasteiger partial charge is 0.456 e. The number of aromatic nitrogens is 3. The van der Waals surface area contributed by atoms with Gasteiger partial charge in [-0.05, 0) is 36.8 Å². The summed E-state index contributed by atoms with van der Waals surface area (Å²) in [7, 11) is 0. The first-order valence-corrected chi connectivity index (χ1v) is 14.8. The molecular weight excluding hydrogens is 542 g/mol. The lowest BCUT2D eigenvalue weighted by Crippen LogP contribution is -2.00. The topological polar surface area (TPSA) is 65.0 Å². The van der Waals surface area contributed by atoms with Crippen LogP contribution in [0.15, 0.2) is 142 Å². The highest BCUT2D eigenvalue weighted by atomic mass is 16.3. The molecule has 0 fully saturated rings. The molecule has 9 rings (SSSR count). The number of furan rings is 2. The molecule has 0 amide bonds. The number of hydrogen-bond donors (Lipinski definition) is 0. The standard InChI is InChI=1S/C39H25N3O2/c1-3-11-24(12-4-1)27-16-9-17-29-35-30(18-10-20-34(35)44-36(27)29)39-41-37(25-13-5-2-6-14-25)40-38(42-39)26-21-22-33-31(23-26)28-15-7-8-19-32(28)43-33/h1-11,13-24H,12H2. The average molecular weight is 568 g/mol. The second-order valence-corrected chi connectivity index (χ2v) is 11.1.